The average molecular weight is 279 g/mol. The number of nitrogens with zero attached hydrogens (tertiary/aromatic N) is 1. The first-order chi connectivity index (χ1) is 9.72. The zero-order valence-electron chi connectivity index (χ0n) is 11.7. The summed E-state index contributed by atoms with van der Waals surface area (Å²) in [7, 11) is 0. The summed E-state index contributed by atoms with van der Waals surface area (Å²) >= 11 is 0. The van der Waals surface area contributed by atoms with Gasteiger partial charge in [-0.2, -0.15) is 0 Å². The summed E-state index contributed by atoms with van der Waals surface area (Å²) in [6.45, 7) is 4.22. The summed E-state index contributed by atoms with van der Waals surface area (Å²) in [6.07, 6.45) is -0.0119. The lowest BCUT2D eigenvalue weighted by Gasteiger charge is -2.29. The molecule has 1 aliphatic rings. The Hall–Kier alpha value is -1.59. The molecule has 0 radical (unpaired) electrons. The molecule has 1 N–H and O–H groups in total. The summed E-state index contributed by atoms with van der Waals surface area (Å²) in [5, 5.41) is 9.05. The van der Waals surface area contributed by atoms with Gasteiger partial charge in [0.05, 0.1) is 13.2 Å². The van der Waals surface area contributed by atoms with Crippen molar-refractivity contribution in [2.75, 3.05) is 32.9 Å². The molecule has 1 amide bonds. The molecular formula is C15H21NO4. The lowest BCUT2D eigenvalue weighted by atomic mass is 10.1. The van der Waals surface area contributed by atoms with Crippen LogP contribution < -0.4 is 4.74 Å². The summed E-state index contributed by atoms with van der Waals surface area (Å²) in [4.78, 5) is 14.0. The number of carbonyl (C=O) groups excluding carboxylic acids is 1. The molecule has 2 rings (SSSR count). The van der Waals surface area contributed by atoms with Crippen LogP contribution >= 0.6 is 0 Å². The predicted molar refractivity (Wildman–Crippen MR) is 74.7 cm³/mol. The van der Waals surface area contributed by atoms with Crippen LogP contribution in [0.3, 0.4) is 0 Å². The van der Waals surface area contributed by atoms with Crippen LogP contribution in [0.25, 0.3) is 0 Å². The molecule has 110 valence electrons. The highest BCUT2D eigenvalue weighted by Gasteiger charge is 2.24. The maximum Gasteiger partial charge on any atom is 0.263 e. The van der Waals surface area contributed by atoms with Crippen molar-refractivity contribution in [2.24, 2.45) is 0 Å². The molecule has 1 aromatic carbocycles. The van der Waals surface area contributed by atoms with Crippen molar-refractivity contribution in [2.45, 2.75) is 19.4 Å². The van der Waals surface area contributed by atoms with Crippen molar-refractivity contribution in [1.82, 2.24) is 4.90 Å². The van der Waals surface area contributed by atoms with Gasteiger partial charge in [0.25, 0.3) is 5.91 Å². The fourth-order valence-electron chi connectivity index (χ4n) is 2.23. The number of carbonyl (C=O) groups is 1. The highest BCUT2D eigenvalue weighted by molar-refractivity contribution is 5.81. The van der Waals surface area contributed by atoms with Crippen molar-refractivity contribution in [1.29, 1.82) is 0 Å². The topological polar surface area (TPSA) is 59.0 Å². The second kappa shape index (κ2) is 7.26. The third kappa shape index (κ3) is 3.71. The highest BCUT2D eigenvalue weighted by Crippen LogP contribution is 2.20. The molecule has 5 heteroatoms. The van der Waals surface area contributed by atoms with Crippen LogP contribution in [0.4, 0.5) is 0 Å². The van der Waals surface area contributed by atoms with Crippen LogP contribution in [0.2, 0.25) is 0 Å². The van der Waals surface area contributed by atoms with Gasteiger partial charge in [-0.25, -0.2) is 0 Å². The van der Waals surface area contributed by atoms with Gasteiger partial charge >= 0.3 is 0 Å². The molecule has 0 spiro atoms. The molecule has 20 heavy (non-hydrogen) atoms. The molecule has 5 nitrogen and oxygen atoms in total. The third-order valence-electron chi connectivity index (χ3n) is 3.33. The summed E-state index contributed by atoms with van der Waals surface area (Å²) in [6, 6.07) is 7.49. The Labute approximate surface area is 119 Å². The maximum absolute atomic E-state index is 12.3. The smallest absolute Gasteiger partial charge is 0.263 e. The van der Waals surface area contributed by atoms with Gasteiger partial charge in [0.15, 0.2) is 6.10 Å². The fraction of sp³-hybridized carbons (Fsp3) is 0.533. The number of hydrogen-bond donors (Lipinski definition) is 1. The van der Waals surface area contributed by atoms with Crippen LogP contribution in [-0.2, 0) is 16.0 Å². The van der Waals surface area contributed by atoms with Crippen LogP contribution in [0, 0.1) is 0 Å². The summed E-state index contributed by atoms with van der Waals surface area (Å²) in [5.74, 6) is 0.641. The first-order valence-corrected chi connectivity index (χ1v) is 6.94. The second-order valence-corrected chi connectivity index (χ2v) is 4.78. The van der Waals surface area contributed by atoms with Crippen molar-refractivity contribution in [3.05, 3.63) is 29.8 Å². The standard InChI is InChI=1S/C15H21NO4/c1-12(15(18)16-7-10-19-11-8-16)20-14-5-3-2-4-13(14)6-9-17/h2-5,12,17H,6-11H2,1H3. The molecule has 0 aromatic heterocycles. The van der Waals surface area contributed by atoms with Gasteiger partial charge in [-0.1, -0.05) is 18.2 Å². The Morgan fingerprint density at radius 3 is 2.80 bits per heavy atom. The van der Waals surface area contributed by atoms with E-state index in [-0.39, 0.29) is 12.5 Å². The molecule has 1 unspecified atom stereocenters. The molecule has 1 heterocycles. The van der Waals surface area contributed by atoms with E-state index in [1.165, 1.54) is 0 Å². The van der Waals surface area contributed by atoms with E-state index in [2.05, 4.69) is 0 Å². The minimum absolute atomic E-state index is 0.0212. The van der Waals surface area contributed by atoms with Crippen molar-refractivity contribution in [3.8, 4) is 5.75 Å². The molecule has 0 aliphatic carbocycles. The zero-order chi connectivity index (χ0) is 14.4. The Morgan fingerprint density at radius 1 is 1.40 bits per heavy atom. The molecule has 0 saturated carbocycles. The quantitative estimate of drug-likeness (QED) is 0.868. The van der Waals surface area contributed by atoms with E-state index < -0.39 is 6.10 Å². The molecule has 1 atom stereocenters. The fourth-order valence-corrected chi connectivity index (χ4v) is 2.23. The minimum atomic E-state index is -0.534. The predicted octanol–water partition coefficient (Wildman–Crippen LogP) is 0.847. The van der Waals surface area contributed by atoms with E-state index in [9.17, 15) is 4.79 Å². The van der Waals surface area contributed by atoms with Gasteiger partial charge in [-0.3, -0.25) is 4.79 Å². The number of para-hydroxylation sites is 1. The second-order valence-electron chi connectivity index (χ2n) is 4.78. The Kier molecular flexibility index (Phi) is 5.38. The average Bonchev–Trinajstić information content (AvgIpc) is 2.49. The minimum Gasteiger partial charge on any atom is -0.481 e. The lowest BCUT2D eigenvalue weighted by Crippen LogP contribution is -2.46. The number of ether oxygens (including phenoxy) is 2. The summed E-state index contributed by atoms with van der Waals surface area (Å²) < 4.78 is 11.0. The maximum atomic E-state index is 12.3. The van der Waals surface area contributed by atoms with Crippen LogP contribution in [0.1, 0.15) is 12.5 Å². The third-order valence-corrected chi connectivity index (χ3v) is 3.33. The molecule has 1 aliphatic heterocycles. The van der Waals surface area contributed by atoms with E-state index in [1.54, 1.807) is 11.8 Å². The monoisotopic (exact) mass is 279 g/mol. The number of aliphatic hydroxyl groups is 1. The van der Waals surface area contributed by atoms with Gasteiger partial charge < -0.3 is 19.5 Å². The van der Waals surface area contributed by atoms with Crippen LogP contribution in [0.15, 0.2) is 24.3 Å². The Morgan fingerprint density at radius 2 is 2.10 bits per heavy atom. The molecule has 0 bridgehead atoms. The van der Waals surface area contributed by atoms with E-state index in [1.807, 2.05) is 24.3 Å². The molecule has 1 saturated heterocycles. The normalized spacial score (nSPS) is 16.8. The van der Waals surface area contributed by atoms with Gasteiger partial charge in [0.2, 0.25) is 0 Å². The Bertz CT molecular complexity index is 443. The molecule has 1 fully saturated rings. The van der Waals surface area contributed by atoms with Crippen LogP contribution in [0.5, 0.6) is 5.75 Å². The Balaban J connectivity index is 1.99. The van der Waals surface area contributed by atoms with Gasteiger partial charge in [0.1, 0.15) is 5.75 Å². The van der Waals surface area contributed by atoms with E-state index in [4.69, 9.17) is 14.6 Å². The number of aliphatic hydroxyl groups excluding tert-OH is 1. The number of rotatable bonds is 5. The van der Waals surface area contributed by atoms with Crippen LogP contribution in [-0.4, -0.2) is 54.9 Å². The largest absolute Gasteiger partial charge is 0.481 e. The van der Waals surface area contributed by atoms with E-state index >= 15 is 0 Å². The van der Waals surface area contributed by atoms with Gasteiger partial charge in [-0.15, -0.1) is 0 Å². The summed E-state index contributed by atoms with van der Waals surface area (Å²) in [5.41, 5.74) is 0.914. The number of morpholine rings is 1. The van der Waals surface area contributed by atoms with Gasteiger partial charge in [0, 0.05) is 19.7 Å². The molecular weight excluding hydrogens is 258 g/mol. The van der Waals surface area contributed by atoms with Crippen molar-refractivity contribution in [3.63, 3.8) is 0 Å². The van der Waals surface area contributed by atoms with Gasteiger partial charge in [-0.05, 0) is 25.0 Å². The SMILES string of the molecule is CC(Oc1ccccc1CCO)C(=O)N1CCOCC1. The zero-order valence-corrected chi connectivity index (χ0v) is 11.7. The van der Waals surface area contributed by atoms with E-state index in [0.29, 0.717) is 38.5 Å². The van der Waals surface area contributed by atoms with Crippen molar-refractivity contribution >= 4 is 5.91 Å². The number of hydrogen-bond acceptors (Lipinski definition) is 4. The number of amides is 1. The number of benzene rings is 1. The van der Waals surface area contributed by atoms with E-state index in [0.717, 1.165) is 5.56 Å². The highest BCUT2D eigenvalue weighted by atomic mass is 16.5. The lowest BCUT2D eigenvalue weighted by molar-refractivity contribution is -0.142. The van der Waals surface area contributed by atoms with Crippen molar-refractivity contribution < 1.29 is 19.4 Å². The molecule has 1 aromatic rings. The first kappa shape index (κ1) is 14.8. The first-order valence-electron chi connectivity index (χ1n) is 6.94.